The number of carbonyl (C=O) groups is 3. The minimum absolute atomic E-state index is 0.0633. The number of unbranched alkanes of at least 4 members (excludes halogenated alkanes) is 34. The Morgan fingerprint density at radius 1 is 0.339 bits per heavy atom. The molecule has 59 heavy (non-hydrogen) atoms. The van der Waals surface area contributed by atoms with Gasteiger partial charge in [-0.1, -0.05) is 259 Å². The first-order valence-corrected chi connectivity index (χ1v) is 26.4. The van der Waals surface area contributed by atoms with E-state index in [2.05, 4.69) is 27.7 Å². The molecule has 0 aliphatic carbocycles. The number of carbonyl (C=O) groups excluding carboxylic acids is 3. The minimum Gasteiger partial charge on any atom is -0.462 e. The van der Waals surface area contributed by atoms with Crippen LogP contribution in [0, 0.1) is 5.92 Å². The van der Waals surface area contributed by atoms with E-state index in [9.17, 15) is 14.4 Å². The second-order valence-electron chi connectivity index (χ2n) is 18.4. The van der Waals surface area contributed by atoms with Crippen LogP contribution in [0.1, 0.15) is 297 Å². The van der Waals surface area contributed by atoms with Crippen LogP contribution in [0.25, 0.3) is 0 Å². The first-order valence-electron chi connectivity index (χ1n) is 26.4. The van der Waals surface area contributed by atoms with Crippen LogP contribution >= 0.6 is 0 Å². The highest BCUT2D eigenvalue weighted by Crippen LogP contribution is 2.18. The van der Waals surface area contributed by atoms with Gasteiger partial charge in [-0.05, 0) is 25.2 Å². The molecule has 0 aromatic heterocycles. The Morgan fingerprint density at radius 3 is 0.881 bits per heavy atom. The number of esters is 3. The van der Waals surface area contributed by atoms with Crippen LogP contribution in [0.15, 0.2) is 0 Å². The Labute approximate surface area is 368 Å². The van der Waals surface area contributed by atoms with Crippen molar-refractivity contribution in [2.24, 2.45) is 5.92 Å². The van der Waals surface area contributed by atoms with E-state index in [1.54, 1.807) is 0 Å². The standard InChI is InChI=1S/C53H102O6/c1-5-8-10-12-14-15-16-26-29-33-36-40-44-51(54)57-47-50(59-53(56)46-42-38-31-13-11-9-6-2)48-58-52(55)45-41-37-34-30-27-24-22-20-18-17-19-21-23-25-28-32-35-39-43-49(4)7-3/h49-50H,5-48H2,1-4H3/t49?,50-/m1/s1. The molecule has 2 atom stereocenters. The lowest BCUT2D eigenvalue weighted by Gasteiger charge is -2.18. The Balaban J connectivity index is 4.08. The van der Waals surface area contributed by atoms with Crippen LogP contribution in [0.3, 0.4) is 0 Å². The van der Waals surface area contributed by atoms with Crippen molar-refractivity contribution in [3.8, 4) is 0 Å². The maximum absolute atomic E-state index is 12.7. The molecular weight excluding hydrogens is 733 g/mol. The zero-order chi connectivity index (χ0) is 43.1. The first-order chi connectivity index (χ1) is 28.9. The molecular formula is C53H102O6. The van der Waals surface area contributed by atoms with E-state index in [0.717, 1.165) is 63.7 Å². The molecule has 0 aromatic rings. The normalized spacial score (nSPS) is 12.4. The lowest BCUT2D eigenvalue weighted by atomic mass is 9.99. The Bertz CT molecular complexity index is 889. The molecule has 0 N–H and O–H groups in total. The van der Waals surface area contributed by atoms with Crippen LogP contribution in [0.4, 0.5) is 0 Å². The van der Waals surface area contributed by atoms with E-state index in [-0.39, 0.29) is 31.1 Å². The molecule has 0 aliphatic heterocycles. The zero-order valence-corrected chi connectivity index (χ0v) is 40.2. The quantitative estimate of drug-likeness (QED) is 0.0345. The maximum Gasteiger partial charge on any atom is 0.306 e. The molecule has 0 aliphatic rings. The van der Waals surface area contributed by atoms with Gasteiger partial charge in [-0.25, -0.2) is 0 Å². The van der Waals surface area contributed by atoms with Crippen LogP contribution in [-0.4, -0.2) is 37.2 Å². The van der Waals surface area contributed by atoms with E-state index in [0.29, 0.717) is 19.3 Å². The molecule has 0 saturated heterocycles. The van der Waals surface area contributed by atoms with Gasteiger partial charge in [0, 0.05) is 19.3 Å². The monoisotopic (exact) mass is 835 g/mol. The fourth-order valence-corrected chi connectivity index (χ4v) is 8.01. The van der Waals surface area contributed by atoms with Crippen molar-refractivity contribution in [2.75, 3.05) is 13.2 Å². The van der Waals surface area contributed by atoms with Crippen molar-refractivity contribution >= 4 is 17.9 Å². The fourth-order valence-electron chi connectivity index (χ4n) is 8.01. The summed E-state index contributed by atoms with van der Waals surface area (Å²) in [7, 11) is 0. The van der Waals surface area contributed by atoms with Gasteiger partial charge < -0.3 is 14.2 Å². The number of hydrogen-bond acceptors (Lipinski definition) is 6. The van der Waals surface area contributed by atoms with Crippen molar-refractivity contribution in [2.45, 2.75) is 303 Å². The summed E-state index contributed by atoms with van der Waals surface area (Å²) in [5, 5.41) is 0. The lowest BCUT2D eigenvalue weighted by Crippen LogP contribution is -2.30. The molecule has 0 rings (SSSR count). The first kappa shape index (κ1) is 57.4. The van der Waals surface area contributed by atoms with Gasteiger partial charge in [0.05, 0.1) is 0 Å². The summed E-state index contributed by atoms with van der Waals surface area (Å²) in [6.45, 7) is 9.04. The topological polar surface area (TPSA) is 78.9 Å². The molecule has 0 bridgehead atoms. The highest BCUT2D eigenvalue weighted by Gasteiger charge is 2.19. The van der Waals surface area contributed by atoms with Gasteiger partial charge in [0.25, 0.3) is 0 Å². The van der Waals surface area contributed by atoms with Gasteiger partial charge in [0.15, 0.2) is 6.10 Å². The predicted molar refractivity (Wildman–Crippen MR) is 252 cm³/mol. The fraction of sp³-hybridized carbons (Fsp3) is 0.943. The number of hydrogen-bond donors (Lipinski definition) is 0. The van der Waals surface area contributed by atoms with Crippen molar-refractivity contribution in [1.29, 1.82) is 0 Å². The second kappa shape index (κ2) is 47.5. The van der Waals surface area contributed by atoms with Crippen LogP contribution in [0.2, 0.25) is 0 Å². The van der Waals surface area contributed by atoms with E-state index in [4.69, 9.17) is 14.2 Å². The summed E-state index contributed by atoms with van der Waals surface area (Å²) in [5.74, 6) is 0.0583. The van der Waals surface area contributed by atoms with Crippen LogP contribution in [-0.2, 0) is 28.6 Å². The van der Waals surface area contributed by atoms with Crippen molar-refractivity contribution in [3.05, 3.63) is 0 Å². The average Bonchev–Trinajstić information content (AvgIpc) is 3.23. The van der Waals surface area contributed by atoms with Crippen molar-refractivity contribution < 1.29 is 28.6 Å². The largest absolute Gasteiger partial charge is 0.462 e. The third-order valence-corrected chi connectivity index (χ3v) is 12.4. The summed E-state index contributed by atoms with van der Waals surface area (Å²) in [5.41, 5.74) is 0. The third-order valence-electron chi connectivity index (χ3n) is 12.4. The van der Waals surface area contributed by atoms with E-state index in [1.165, 1.54) is 193 Å². The molecule has 0 amide bonds. The Kier molecular flexibility index (Phi) is 46.2. The molecule has 0 aromatic carbocycles. The SMILES string of the molecule is CCCCCCCCCCCCCCC(=O)OC[C@H](COC(=O)CCCCCCCCCCCCCCCCCCCCC(C)CC)OC(=O)CCCCCCCCC. The maximum atomic E-state index is 12.7. The molecule has 6 heteroatoms. The highest BCUT2D eigenvalue weighted by atomic mass is 16.6. The van der Waals surface area contributed by atoms with E-state index < -0.39 is 6.10 Å². The van der Waals surface area contributed by atoms with Gasteiger partial charge in [0.1, 0.15) is 13.2 Å². The Hall–Kier alpha value is -1.59. The second-order valence-corrected chi connectivity index (χ2v) is 18.4. The van der Waals surface area contributed by atoms with Crippen molar-refractivity contribution in [1.82, 2.24) is 0 Å². The minimum atomic E-state index is -0.758. The molecule has 0 radical (unpaired) electrons. The molecule has 0 saturated carbocycles. The number of ether oxygens (including phenoxy) is 3. The van der Waals surface area contributed by atoms with Gasteiger partial charge in [-0.15, -0.1) is 0 Å². The molecule has 6 nitrogen and oxygen atoms in total. The summed E-state index contributed by atoms with van der Waals surface area (Å²) < 4.78 is 16.7. The van der Waals surface area contributed by atoms with Crippen molar-refractivity contribution in [3.63, 3.8) is 0 Å². The van der Waals surface area contributed by atoms with Gasteiger partial charge in [0.2, 0.25) is 0 Å². The molecule has 0 spiro atoms. The van der Waals surface area contributed by atoms with Gasteiger partial charge in [-0.2, -0.15) is 0 Å². The third kappa shape index (κ3) is 45.8. The van der Waals surface area contributed by atoms with Crippen LogP contribution in [0.5, 0.6) is 0 Å². The van der Waals surface area contributed by atoms with E-state index >= 15 is 0 Å². The Morgan fingerprint density at radius 2 is 0.593 bits per heavy atom. The number of rotatable bonds is 48. The smallest absolute Gasteiger partial charge is 0.306 e. The van der Waals surface area contributed by atoms with Crippen LogP contribution < -0.4 is 0 Å². The predicted octanol–water partition coefficient (Wildman–Crippen LogP) is 17.1. The molecule has 1 unspecified atom stereocenters. The van der Waals surface area contributed by atoms with Gasteiger partial charge >= 0.3 is 17.9 Å². The van der Waals surface area contributed by atoms with E-state index in [1.807, 2.05) is 0 Å². The molecule has 350 valence electrons. The summed E-state index contributed by atoms with van der Waals surface area (Å²) in [4.78, 5) is 37.7. The average molecular weight is 835 g/mol. The highest BCUT2D eigenvalue weighted by molar-refractivity contribution is 5.71. The van der Waals surface area contributed by atoms with Gasteiger partial charge in [-0.3, -0.25) is 14.4 Å². The molecule has 0 fully saturated rings. The lowest BCUT2D eigenvalue weighted by molar-refractivity contribution is -0.167. The molecule has 0 heterocycles. The summed E-state index contributed by atoms with van der Waals surface area (Å²) in [6, 6.07) is 0. The summed E-state index contributed by atoms with van der Waals surface area (Å²) >= 11 is 0. The zero-order valence-electron chi connectivity index (χ0n) is 40.2. The summed E-state index contributed by atoms with van der Waals surface area (Å²) in [6.07, 6.45) is 49.6.